The Morgan fingerprint density at radius 2 is 1.88 bits per heavy atom. The van der Waals surface area contributed by atoms with Crippen molar-refractivity contribution in [2.24, 2.45) is 5.92 Å². The first kappa shape index (κ1) is 15.3. The zero-order valence-corrected chi connectivity index (χ0v) is 13.7. The lowest BCUT2D eigenvalue weighted by Gasteiger charge is -2.45. The number of nitrogens with zero attached hydrogens (tertiary/aromatic N) is 1. The van der Waals surface area contributed by atoms with Gasteiger partial charge in [0.2, 0.25) is 0 Å². The van der Waals surface area contributed by atoms with Gasteiger partial charge >= 0.3 is 0 Å². The summed E-state index contributed by atoms with van der Waals surface area (Å²) in [7, 11) is 0. The second-order valence-electron chi connectivity index (χ2n) is 6.96. The van der Waals surface area contributed by atoms with Crippen molar-refractivity contribution in [2.75, 3.05) is 0 Å². The third-order valence-electron chi connectivity index (χ3n) is 5.50. The molecule has 24 heavy (non-hydrogen) atoms. The number of hydrogen-bond acceptors (Lipinski definition) is 3. The molecule has 0 bridgehead atoms. The van der Waals surface area contributed by atoms with Crippen LogP contribution in [0.3, 0.4) is 0 Å². The monoisotopic (exact) mass is 323 g/mol. The van der Waals surface area contributed by atoms with E-state index in [9.17, 15) is 10.1 Å². The van der Waals surface area contributed by atoms with E-state index in [0.717, 1.165) is 24.8 Å². The molecule has 0 aromatic heterocycles. The third-order valence-corrected chi connectivity index (χ3v) is 5.50. The predicted octanol–water partition coefficient (Wildman–Crippen LogP) is 4.79. The van der Waals surface area contributed by atoms with Crippen LogP contribution in [0.5, 0.6) is 0 Å². The van der Waals surface area contributed by atoms with E-state index in [0.29, 0.717) is 11.8 Å². The number of fused-ring (bicyclic) bond motifs is 3. The highest BCUT2D eigenvalue weighted by molar-refractivity contribution is 5.37. The van der Waals surface area contributed by atoms with Gasteiger partial charge in [-0.3, -0.25) is 10.1 Å². The highest BCUT2D eigenvalue weighted by Gasteiger charge is 2.41. The van der Waals surface area contributed by atoms with Gasteiger partial charge in [-0.2, -0.15) is 0 Å². The molecule has 4 nitrogen and oxygen atoms in total. The number of rotatable bonds is 2. The topological polar surface area (TPSA) is 52.4 Å². The van der Waals surface area contributed by atoms with Crippen LogP contribution in [0, 0.1) is 16.0 Å². The summed E-state index contributed by atoms with van der Waals surface area (Å²) in [6.07, 6.45) is 3.45. The molecule has 2 aromatic rings. The molecule has 2 aromatic carbocycles. The minimum atomic E-state index is -0.353. The minimum absolute atomic E-state index is 0.0212. The van der Waals surface area contributed by atoms with Crippen molar-refractivity contribution in [1.82, 2.24) is 0 Å². The van der Waals surface area contributed by atoms with Crippen molar-refractivity contribution in [1.29, 1.82) is 0 Å². The first-order valence-electron chi connectivity index (χ1n) is 8.61. The lowest BCUT2D eigenvalue weighted by atomic mass is 9.68. The normalized spacial score (nSPS) is 28.7. The maximum absolute atomic E-state index is 10.9. The highest BCUT2D eigenvalue weighted by Crippen LogP contribution is 2.50. The van der Waals surface area contributed by atoms with Crippen LogP contribution in [-0.2, 0) is 11.2 Å². The van der Waals surface area contributed by atoms with Gasteiger partial charge in [-0.1, -0.05) is 24.3 Å². The van der Waals surface area contributed by atoms with Gasteiger partial charge in [0.15, 0.2) is 0 Å². The molecule has 4 rings (SSSR count). The summed E-state index contributed by atoms with van der Waals surface area (Å²) in [6, 6.07) is 15.6. The molecule has 0 amide bonds. The summed E-state index contributed by atoms with van der Waals surface area (Å²) in [4.78, 5) is 10.5. The van der Waals surface area contributed by atoms with E-state index in [2.05, 4.69) is 31.2 Å². The lowest BCUT2D eigenvalue weighted by molar-refractivity contribution is -0.384. The van der Waals surface area contributed by atoms with Crippen molar-refractivity contribution in [3.8, 4) is 0 Å². The maximum Gasteiger partial charge on any atom is 0.269 e. The van der Waals surface area contributed by atoms with Crippen LogP contribution in [0.15, 0.2) is 48.5 Å². The number of nitro benzene ring substituents is 1. The molecule has 124 valence electrons. The first-order valence-corrected chi connectivity index (χ1v) is 8.61. The van der Waals surface area contributed by atoms with Gasteiger partial charge in [-0.05, 0) is 66.8 Å². The van der Waals surface area contributed by atoms with Crippen LogP contribution < -0.4 is 0 Å². The molecule has 1 aliphatic carbocycles. The SMILES string of the molecule is C[C@H]1C[C@H]2c3ccccc3CC[C@@H]2[C@@H](c2ccc([N+](=O)[O-])cc2)O1. The summed E-state index contributed by atoms with van der Waals surface area (Å²) in [6.45, 7) is 2.13. The molecule has 1 aliphatic heterocycles. The van der Waals surface area contributed by atoms with Crippen LogP contribution in [0.2, 0.25) is 0 Å². The van der Waals surface area contributed by atoms with Gasteiger partial charge in [0.25, 0.3) is 5.69 Å². The second-order valence-corrected chi connectivity index (χ2v) is 6.96. The van der Waals surface area contributed by atoms with Gasteiger partial charge in [0.05, 0.1) is 17.1 Å². The Labute approximate surface area is 141 Å². The highest BCUT2D eigenvalue weighted by atomic mass is 16.6. The number of hydrogen-bond donors (Lipinski definition) is 0. The van der Waals surface area contributed by atoms with Crippen molar-refractivity contribution in [3.63, 3.8) is 0 Å². The summed E-state index contributed by atoms with van der Waals surface area (Å²) in [5.41, 5.74) is 4.13. The molecule has 0 radical (unpaired) electrons. The molecular formula is C20H21NO3. The molecule has 0 spiro atoms. The molecule has 0 N–H and O–H groups in total. The molecule has 0 saturated carbocycles. The summed E-state index contributed by atoms with van der Waals surface area (Å²) < 4.78 is 6.29. The average Bonchev–Trinajstić information content (AvgIpc) is 2.61. The van der Waals surface area contributed by atoms with Crippen molar-refractivity contribution >= 4 is 5.69 Å². The standard InChI is InChI=1S/C20H21NO3/c1-13-12-19-17-5-3-2-4-14(17)8-11-18(19)20(24-13)15-6-9-16(10-7-15)21(22)23/h2-7,9-10,13,18-20H,8,11-12H2,1H3/t13-,18-,19-,20+/m0/s1. The zero-order chi connectivity index (χ0) is 16.7. The molecule has 1 saturated heterocycles. The number of ether oxygens (including phenoxy) is 1. The fourth-order valence-corrected chi connectivity index (χ4v) is 4.42. The summed E-state index contributed by atoms with van der Waals surface area (Å²) in [5.74, 6) is 0.955. The minimum Gasteiger partial charge on any atom is -0.370 e. The quantitative estimate of drug-likeness (QED) is 0.590. The van der Waals surface area contributed by atoms with E-state index >= 15 is 0 Å². The number of nitro groups is 1. The van der Waals surface area contributed by atoms with Crippen LogP contribution >= 0.6 is 0 Å². The lowest BCUT2D eigenvalue weighted by Crippen LogP contribution is -2.36. The second kappa shape index (κ2) is 6.02. The smallest absolute Gasteiger partial charge is 0.269 e. The third kappa shape index (κ3) is 2.61. The van der Waals surface area contributed by atoms with Gasteiger partial charge in [0, 0.05) is 12.1 Å². The van der Waals surface area contributed by atoms with E-state index < -0.39 is 0 Å². The molecule has 1 fully saturated rings. The Bertz CT molecular complexity index is 756. The fraction of sp³-hybridized carbons (Fsp3) is 0.400. The van der Waals surface area contributed by atoms with E-state index in [1.165, 1.54) is 11.1 Å². The van der Waals surface area contributed by atoms with E-state index in [1.54, 1.807) is 12.1 Å². The van der Waals surface area contributed by atoms with Crippen molar-refractivity contribution in [2.45, 2.75) is 44.3 Å². The van der Waals surface area contributed by atoms with E-state index in [1.807, 2.05) is 12.1 Å². The Balaban J connectivity index is 1.68. The fourth-order valence-electron chi connectivity index (χ4n) is 4.42. The van der Waals surface area contributed by atoms with Crippen molar-refractivity contribution in [3.05, 3.63) is 75.3 Å². The predicted molar refractivity (Wildman–Crippen MR) is 92.0 cm³/mol. The average molecular weight is 323 g/mol. The molecular weight excluding hydrogens is 302 g/mol. The maximum atomic E-state index is 10.9. The molecule has 0 unspecified atom stereocenters. The first-order chi connectivity index (χ1) is 11.6. The number of aryl methyl sites for hydroxylation is 1. The molecule has 1 heterocycles. The van der Waals surface area contributed by atoms with Crippen LogP contribution in [0.1, 0.15) is 48.5 Å². The van der Waals surface area contributed by atoms with Gasteiger partial charge in [-0.15, -0.1) is 0 Å². The van der Waals surface area contributed by atoms with E-state index in [4.69, 9.17) is 4.74 Å². The Morgan fingerprint density at radius 3 is 2.62 bits per heavy atom. The Hall–Kier alpha value is -2.20. The van der Waals surface area contributed by atoms with Gasteiger partial charge < -0.3 is 4.74 Å². The van der Waals surface area contributed by atoms with Crippen LogP contribution in [-0.4, -0.2) is 11.0 Å². The molecule has 2 aliphatic rings. The van der Waals surface area contributed by atoms with Crippen LogP contribution in [0.25, 0.3) is 0 Å². The Morgan fingerprint density at radius 1 is 1.12 bits per heavy atom. The van der Waals surface area contributed by atoms with Gasteiger partial charge in [0.1, 0.15) is 0 Å². The zero-order valence-electron chi connectivity index (χ0n) is 13.7. The van der Waals surface area contributed by atoms with Gasteiger partial charge in [-0.25, -0.2) is 0 Å². The largest absolute Gasteiger partial charge is 0.370 e. The summed E-state index contributed by atoms with van der Waals surface area (Å²) in [5, 5.41) is 10.9. The molecule has 4 atom stereocenters. The van der Waals surface area contributed by atoms with Crippen molar-refractivity contribution < 1.29 is 9.66 Å². The number of non-ortho nitro benzene ring substituents is 1. The molecule has 4 heteroatoms. The van der Waals surface area contributed by atoms with E-state index in [-0.39, 0.29) is 22.8 Å². The summed E-state index contributed by atoms with van der Waals surface area (Å²) >= 11 is 0. The Kier molecular flexibility index (Phi) is 3.85. The number of benzene rings is 2. The van der Waals surface area contributed by atoms with Crippen LogP contribution in [0.4, 0.5) is 5.69 Å².